The Morgan fingerprint density at radius 3 is 2.73 bits per heavy atom. The summed E-state index contributed by atoms with van der Waals surface area (Å²) in [7, 11) is 0. The molecule has 0 aliphatic carbocycles. The molecule has 0 radical (unpaired) electrons. The molecule has 1 rings (SSSR count). The van der Waals surface area contributed by atoms with Crippen molar-refractivity contribution in [3.05, 3.63) is 27.5 Å². The van der Waals surface area contributed by atoms with Gasteiger partial charge < -0.3 is 5.73 Å². The van der Waals surface area contributed by atoms with Crippen LogP contribution in [0, 0.1) is 0 Å². The quantitative estimate of drug-likeness (QED) is 0.760. The van der Waals surface area contributed by atoms with Gasteiger partial charge in [0.05, 0.1) is 0 Å². The van der Waals surface area contributed by atoms with Crippen LogP contribution in [0.1, 0.15) is 18.5 Å². The summed E-state index contributed by atoms with van der Waals surface area (Å²) in [4.78, 5) is 4.00. The second-order valence-electron chi connectivity index (χ2n) is 2.30. The van der Waals surface area contributed by atoms with E-state index in [4.69, 9.17) is 17.3 Å². The van der Waals surface area contributed by atoms with Crippen molar-refractivity contribution in [1.29, 1.82) is 0 Å². The summed E-state index contributed by atoms with van der Waals surface area (Å²) in [6.07, 6.45) is 0. The van der Waals surface area contributed by atoms with Gasteiger partial charge in [-0.05, 0) is 28.9 Å². The Kier molecular flexibility index (Phi) is 2.87. The van der Waals surface area contributed by atoms with E-state index in [1.165, 1.54) is 0 Å². The molecule has 0 bridgehead atoms. The summed E-state index contributed by atoms with van der Waals surface area (Å²) in [6, 6.07) is 3.62. The molecule has 0 aliphatic rings. The van der Waals surface area contributed by atoms with Gasteiger partial charge in [-0.1, -0.05) is 17.7 Å². The molecule has 0 saturated heterocycles. The smallest absolute Gasteiger partial charge is 0.135 e. The molecule has 2 nitrogen and oxygen atoms in total. The van der Waals surface area contributed by atoms with Crippen LogP contribution >= 0.6 is 27.5 Å². The Bertz CT molecular complexity index is 263. The van der Waals surface area contributed by atoms with Gasteiger partial charge in [-0.25, -0.2) is 4.98 Å². The predicted octanol–water partition coefficient (Wildman–Crippen LogP) is 2.52. The van der Waals surface area contributed by atoms with Crippen LogP contribution in [0.3, 0.4) is 0 Å². The SMILES string of the molecule is C[C@H](N)c1ccc(Br)nc1Cl. The van der Waals surface area contributed by atoms with Crippen LogP contribution < -0.4 is 5.73 Å². The lowest BCUT2D eigenvalue weighted by Crippen LogP contribution is -2.06. The van der Waals surface area contributed by atoms with E-state index in [2.05, 4.69) is 20.9 Å². The highest BCUT2D eigenvalue weighted by atomic mass is 79.9. The zero-order chi connectivity index (χ0) is 8.43. The third-order valence-electron chi connectivity index (χ3n) is 1.33. The van der Waals surface area contributed by atoms with E-state index in [1.54, 1.807) is 0 Å². The van der Waals surface area contributed by atoms with E-state index in [9.17, 15) is 0 Å². The van der Waals surface area contributed by atoms with Crippen molar-refractivity contribution in [3.63, 3.8) is 0 Å². The number of nitrogens with zero attached hydrogens (tertiary/aromatic N) is 1. The Balaban J connectivity index is 3.09. The van der Waals surface area contributed by atoms with Crippen LogP contribution in [0.2, 0.25) is 5.15 Å². The van der Waals surface area contributed by atoms with Gasteiger partial charge in [0.25, 0.3) is 0 Å². The third-order valence-corrected chi connectivity index (χ3v) is 2.08. The topological polar surface area (TPSA) is 38.9 Å². The van der Waals surface area contributed by atoms with Crippen LogP contribution in [0.5, 0.6) is 0 Å². The molecule has 1 heterocycles. The van der Waals surface area contributed by atoms with E-state index in [1.807, 2.05) is 19.1 Å². The molecule has 0 aromatic carbocycles. The summed E-state index contributed by atoms with van der Waals surface area (Å²) in [5, 5.41) is 0.467. The van der Waals surface area contributed by atoms with E-state index in [-0.39, 0.29) is 6.04 Å². The van der Waals surface area contributed by atoms with Crippen molar-refractivity contribution in [2.24, 2.45) is 5.73 Å². The minimum atomic E-state index is -0.0666. The Hall–Kier alpha value is -0.120. The van der Waals surface area contributed by atoms with Crippen LogP contribution in [0.15, 0.2) is 16.7 Å². The van der Waals surface area contributed by atoms with Crippen molar-refractivity contribution in [2.75, 3.05) is 0 Å². The van der Waals surface area contributed by atoms with Gasteiger partial charge >= 0.3 is 0 Å². The van der Waals surface area contributed by atoms with E-state index in [0.29, 0.717) is 5.15 Å². The van der Waals surface area contributed by atoms with Crippen LogP contribution in [0.25, 0.3) is 0 Å². The van der Waals surface area contributed by atoms with Crippen molar-refractivity contribution in [2.45, 2.75) is 13.0 Å². The molecule has 60 valence electrons. The zero-order valence-electron chi connectivity index (χ0n) is 6.01. The summed E-state index contributed by atoms with van der Waals surface area (Å²) >= 11 is 9.01. The van der Waals surface area contributed by atoms with Crippen molar-refractivity contribution in [1.82, 2.24) is 4.98 Å². The molecule has 0 fully saturated rings. The molecule has 11 heavy (non-hydrogen) atoms. The monoisotopic (exact) mass is 234 g/mol. The van der Waals surface area contributed by atoms with Crippen molar-refractivity contribution < 1.29 is 0 Å². The summed E-state index contributed by atoms with van der Waals surface area (Å²) in [5.74, 6) is 0. The van der Waals surface area contributed by atoms with Crippen molar-refractivity contribution >= 4 is 27.5 Å². The molecule has 1 aromatic heterocycles. The number of halogens is 2. The highest BCUT2D eigenvalue weighted by molar-refractivity contribution is 9.10. The molecule has 4 heteroatoms. The largest absolute Gasteiger partial charge is 0.324 e. The zero-order valence-corrected chi connectivity index (χ0v) is 8.35. The molecule has 0 amide bonds. The molecular formula is C7H8BrClN2. The van der Waals surface area contributed by atoms with E-state index >= 15 is 0 Å². The lowest BCUT2D eigenvalue weighted by Gasteiger charge is -2.06. The first-order chi connectivity index (χ1) is 5.11. The van der Waals surface area contributed by atoms with Gasteiger partial charge in [0.15, 0.2) is 0 Å². The summed E-state index contributed by atoms with van der Waals surface area (Å²) in [6.45, 7) is 1.87. The molecule has 1 atom stereocenters. The van der Waals surface area contributed by atoms with Gasteiger partial charge in [0.1, 0.15) is 9.76 Å². The number of hydrogen-bond donors (Lipinski definition) is 1. The molecule has 0 unspecified atom stereocenters. The highest BCUT2D eigenvalue weighted by Gasteiger charge is 2.05. The average molecular weight is 236 g/mol. The highest BCUT2D eigenvalue weighted by Crippen LogP contribution is 2.21. The van der Waals surface area contributed by atoms with Crippen LogP contribution in [-0.2, 0) is 0 Å². The second kappa shape index (κ2) is 3.52. The second-order valence-corrected chi connectivity index (χ2v) is 3.47. The Labute approximate surface area is 78.9 Å². The van der Waals surface area contributed by atoms with Crippen LogP contribution in [0.4, 0.5) is 0 Å². The number of rotatable bonds is 1. The molecular weight excluding hydrogens is 227 g/mol. The fourth-order valence-electron chi connectivity index (χ4n) is 0.763. The minimum absolute atomic E-state index is 0.0666. The Morgan fingerprint density at radius 1 is 1.64 bits per heavy atom. The molecule has 0 spiro atoms. The van der Waals surface area contributed by atoms with E-state index < -0.39 is 0 Å². The number of pyridine rings is 1. The standard InChI is InChI=1S/C7H8BrClN2/c1-4(10)5-2-3-6(8)11-7(5)9/h2-4H,10H2,1H3/t4-/m0/s1. The lowest BCUT2D eigenvalue weighted by molar-refractivity contribution is 0.811. The molecule has 1 aromatic rings. The van der Waals surface area contributed by atoms with Gasteiger partial charge in [-0.2, -0.15) is 0 Å². The molecule has 0 aliphatic heterocycles. The van der Waals surface area contributed by atoms with Gasteiger partial charge in [0, 0.05) is 11.6 Å². The fraction of sp³-hybridized carbons (Fsp3) is 0.286. The number of nitrogens with two attached hydrogens (primary N) is 1. The first-order valence-electron chi connectivity index (χ1n) is 3.19. The van der Waals surface area contributed by atoms with E-state index in [0.717, 1.165) is 10.2 Å². The number of hydrogen-bond acceptors (Lipinski definition) is 2. The first kappa shape index (κ1) is 8.97. The maximum absolute atomic E-state index is 5.80. The van der Waals surface area contributed by atoms with Crippen molar-refractivity contribution in [3.8, 4) is 0 Å². The maximum atomic E-state index is 5.80. The Morgan fingerprint density at radius 2 is 2.27 bits per heavy atom. The summed E-state index contributed by atoms with van der Waals surface area (Å²) in [5.41, 5.74) is 6.50. The van der Waals surface area contributed by atoms with Gasteiger partial charge in [-0.3, -0.25) is 0 Å². The first-order valence-corrected chi connectivity index (χ1v) is 4.36. The van der Waals surface area contributed by atoms with Gasteiger partial charge in [0.2, 0.25) is 0 Å². The average Bonchev–Trinajstić information content (AvgIpc) is 1.85. The lowest BCUT2D eigenvalue weighted by atomic mass is 10.2. The van der Waals surface area contributed by atoms with Crippen LogP contribution in [-0.4, -0.2) is 4.98 Å². The van der Waals surface area contributed by atoms with Gasteiger partial charge in [-0.15, -0.1) is 0 Å². The normalized spacial score (nSPS) is 13.1. The third kappa shape index (κ3) is 2.15. The molecule has 0 saturated carbocycles. The summed E-state index contributed by atoms with van der Waals surface area (Å²) < 4.78 is 0.729. The molecule has 2 N–H and O–H groups in total. The maximum Gasteiger partial charge on any atom is 0.135 e. The fourth-order valence-corrected chi connectivity index (χ4v) is 1.50. The predicted molar refractivity (Wildman–Crippen MR) is 49.5 cm³/mol. The number of aromatic nitrogens is 1. The minimum Gasteiger partial charge on any atom is -0.324 e.